The van der Waals surface area contributed by atoms with Gasteiger partial charge in [-0.2, -0.15) is 8.42 Å². The van der Waals surface area contributed by atoms with Gasteiger partial charge in [-0.1, -0.05) is 6.07 Å². The number of rotatable bonds is 2. The molecule has 1 aliphatic rings. The third-order valence-corrected chi connectivity index (χ3v) is 3.39. The van der Waals surface area contributed by atoms with Crippen LogP contribution in [0.15, 0.2) is 23.1 Å². The van der Waals surface area contributed by atoms with E-state index in [4.69, 9.17) is 0 Å². The minimum atomic E-state index is -4.89. The molecule has 2 rings (SSSR count). The number of hydrogen-bond donors (Lipinski definition) is 1. The summed E-state index contributed by atoms with van der Waals surface area (Å²) in [5.41, 5.74) is 0.211. The molecular weight excluding hydrogens is 265 g/mol. The van der Waals surface area contributed by atoms with Crippen LogP contribution in [0.25, 0.3) is 0 Å². The maximum Gasteiger partial charge on any atom is 0.333 e. The highest BCUT2D eigenvalue weighted by atomic mass is 32.3. The van der Waals surface area contributed by atoms with Crippen LogP contribution in [0, 0.1) is 0 Å². The number of nitrogens with one attached hydrogen (secondary N) is 1. The van der Waals surface area contributed by atoms with Crippen molar-refractivity contribution in [1.29, 1.82) is 0 Å². The zero-order valence-electron chi connectivity index (χ0n) is 9.14. The average Bonchev–Trinajstić information content (AvgIpc) is 2.64. The molecule has 0 aliphatic carbocycles. The SMILES string of the molecule is COC(=O)[C@@H]1NC(=O)c2cc(S(=O)(=O)F)ccc21. The van der Waals surface area contributed by atoms with Gasteiger partial charge in [0.2, 0.25) is 0 Å². The molecule has 1 atom stereocenters. The van der Waals surface area contributed by atoms with Crippen molar-refractivity contribution in [3.8, 4) is 0 Å². The van der Waals surface area contributed by atoms with Crippen molar-refractivity contribution >= 4 is 22.1 Å². The molecule has 6 nitrogen and oxygen atoms in total. The normalized spacial score (nSPS) is 18.1. The molecule has 1 aromatic carbocycles. The molecule has 1 amide bonds. The average molecular weight is 273 g/mol. The Labute approximate surface area is 102 Å². The largest absolute Gasteiger partial charge is 0.467 e. The van der Waals surface area contributed by atoms with Crippen LogP contribution in [0.5, 0.6) is 0 Å². The van der Waals surface area contributed by atoms with E-state index in [1.165, 1.54) is 6.07 Å². The van der Waals surface area contributed by atoms with Crippen molar-refractivity contribution < 1.29 is 26.6 Å². The molecule has 0 aromatic heterocycles. The quantitative estimate of drug-likeness (QED) is 0.618. The molecule has 96 valence electrons. The Morgan fingerprint density at radius 2 is 2.11 bits per heavy atom. The molecule has 8 heteroatoms. The van der Waals surface area contributed by atoms with E-state index in [0.29, 0.717) is 0 Å². The van der Waals surface area contributed by atoms with Crippen LogP contribution in [0.3, 0.4) is 0 Å². The summed E-state index contributed by atoms with van der Waals surface area (Å²) in [6.07, 6.45) is 0. The number of benzene rings is 1. The van der Waals surface area contributed by atoms with E-state index in [1.54, 1.807) is 0 Å². The lowest BCUT2D eigenvalue weighted by atomic mass is 10.1. The Kier molecular flexibility index (Phi) is 2.81. The van der Waals surface area contributed by atoms with E-state index in [-0.39, 0.29) is 11.1 Å². The Balaban J connectivity index is 2.53. The van der Waals surface area contributed by atoms with Gasteiger partial charge in [0, 0.05) is 5.56 Å². The lowest BCUT2D eigenvalue weighted by Crippen LogP contribution is -2.26. The van der Waals surface area contributed by atoms with E-state index >= 15 is 0 Å². The molecule has 1 aromatic rings. The van der Waals surface area contributed by atoms with Gasteiger partial charge in [-0.25, -0.2) is 4.79 Å². The first-order valence-electron chi connectivity index (χ1n) is 4.82. The highest BCUT2D eigenvalue weighted by molar-refractivity contribution is 7.86. The first-order chi connectivity index (χ1) is 8.34. The molecule has 0 spiro atoms. The van der Waals surface area contributed by atoms with Crippen LogP contribution >= 0.6 is 0 Å². The summed E-state index contributed by atoms with van der Waals surface area (Å²) >= 11 is 0. The number of ether oxygens (including phenoxy) is 1. The van der Waals surface area contributed by atoms with Gasteiger partial charge < -0.3 is 10.1 Å². The van der Waals surface area contributed by atoms with Crippen molar-refractivity contribution in [2.24, 2.45) is 0 Å². The molecule has 0 unspecified atom stereocenters. The Morgan fingerprint density at radius 1 is 1.44 bits per heavy atom. The van der Waals surface area contributed by atoms with E-state index in [1.807, 2.05) is 0 Å². The van der Waals surface area contributed by atoms with Crippen molar-refractivity contribution in [3.05, 3.63) is 29.3 Å². The van der Waals surface area contributed by atoms with Crippen molar-refractivity contribution in [1.82, 2.24) is 5.32 Å². The number of fused-ring (bicyclic) bond motifs is 1. The maximum absolute atomic E-state index is 12.8. The van der Waals surface area contributed by atoms with Gasteiger partial charge in [0.05, 0.1) is 12.0 Å². The maximum atomic E-state index is 12.8. The van der Waals surface area contributed by atoms with E-state index in [9.17, 15) is 21.9 Å². The van der Waals surface area contributed by atoms with Crippen LogP contribution in [-0.2, 0) is 19.8 Å². The zero-order chi connectivity index (χ0) is 13.5. The summed E-state index contributed by atoms with van der Waals surface area (Å²) < 4.78 is 38.7. The number of esters is 1. The summed E-state index contributed by atoms with van der Waals surface area (Å²) in [6, 6.07) is 2.10. The summed E-state index contributed by atoms with van der Waals surface area (Å²) in [5, 5.41) is 2.32. The smallest absolute Gasteiger partial charge is 0.333 e. The molecular formula is C10H8FNO5S. The van der Waals surface area contributed by atoms with Gasteiger partial charge >= 0.3 is 16.2 Å². The number of amides is 1. The molecule has 1 heterocycles. The lowest BCUT2D eigenvalue weighted by Gasteiger charge is -2.08. The summed E-state index contributed by atoms with van der Waals surface area (Å²) in [4.78, 5) is 22.3. The standard InChI is InChI=1S/C10H8FNO5S/c1-17-10(14)8-6-3-2-5(18(11,15)16)4-7(6)9(13)12-8/h2-4,8H,1H3,(H,12,13)/t8-/m1/s1. The number of methoxy groups -OCH3 is 1. The minimum absolute atomic E-state index is 0.0517. The topological polar surface area (TPSA) is 89.5 Å². The predicted octanol–water partition coefficient (Wildman–Crippen LogP) is 0.302. The molecule has 0 saturated heterocycles. The van der Waals surface area contributed by atoms with Gasteiger partial charge in [0.1, 0.15) is 0 Å². The first-order valence-corrected chi connectivity index (χ1v) is 6.20. The third kappa shape index (κ3) is 1.94. The molecule has 18 heavy (non-hydrogen) atoms. The van der Waals surface area contributed by atoms with Crippen molar-refractivity contribution in [2.75, 3.05) is 7.11 Å². The number of carbonyl (C=O) groups excluding carboxylic acids is 2. The summed E-state index contributed by atoms with van der Waals surface area (Å²) in [7, 11) is -3.73. The molecule has 0 saturated carbocycles. The second kappa shape index (κ2) is 4.05. The second-order valence-electron chi connectivity index (χ2n) is 3.62. The molecule has 1 N–H and O–H groups in total. The summed E-state index contributed by atoms with van der Waals surface area (Å²) in [6.45, 7) is 0. The molecule has 1 aliphatic heterocycles. The zero-order valence-corrected chi connectivity index (χ0v) is 9.95. The van der Waals surface area contributed by atoms with Gasteiger partial charge in [-0.3, -0.25) is 4.79 Å². The summed E-state index contributed by atoms with van der Waals surface area (Å²) in [5.74, 6) is -1.33. The number of halogens is 1. The molecule has 0 radical (unpaired) electrons. The monoisotopic (exact) mass is 273 g/mol. The Bertz CT molecular complexity index is 640. The molecule has 0 bridgehead atoms. The fourth-order valence-electron chi connectivity index (χ4n) is 1.73. The minimum Gasteiger partial charge on any atom is -0.467 e. The fraction of sp³-hybridized carbons (Fsp3) is 0.200. The van der Waals surface area contributed by atoms with Gasteiger partial charge in [0.25, 0.3) is 5.91 Å². The Hall–Kier alpha value is -1.96. The van der Waals surface area contributed by atoms with Crippen molar-refractivity contribution in [2.45, 2.75) is 10.9 Å². The third-order valence-electron chi connectivity index (χ3n) is 2.57. The number of carbonyl (C=O) groups is 2. The van der Waals surface area contributed by atoms with Crippen LogP contribution in [0.2, 0.25) is 0 Å². The van der Waals surface area contributed by atoms with E-state index < -0.39 is 33.0 Å². The van der Waals surface area contributed by atoms with Crippen LogP contribution in [0.1, 0.15) is 22.0 Å². The second-order valence-corrected chi connectivity index (χ2v) is 4.96. The predicted molar refractivity (Wildman–Crippen MR) is 57.0 cm³/mol. The number of hydrogen-bond acceptors (Lipinski definition) is 5. The molecule has 0 fully saturated rings. The van der Waals surface area contributed by atoms with Gasteiger partial charge in [0.15, 0.2) is 6.04 Å². The highest BCUT2D eigenvalue weighted by Gasteiger charge is 2.35. The van der Waals surface area contributed by atoms with Gasteiger partial charge in [-0.05, 0) is 17.7 Å². The first kappa shape index (κ1) is 12.5. The van der Waals surface area contributed by atoms with Gasteiger partial charge in [-0.15, -0.1) is 3.89 Å². The van der Waals surface area contributed by atoms with Crippen molar-refractivity contribution in [3.63, 3.8) is 0 Å². The highest BCUT2D eigenvalue weighted by Crippen LogP contribution is 2.28. The lowest BCUT2D eigenvalue weighted by molar-refractivity contribution is -0.142. The van der Waals surface area contributed by atoms with Crippen LogP contribution in [-0.4, -0.2) is 27.4 Å². The van der Waals surface area contributed by atoms with Crippen LogP contribution < -0.4 is 5.32 Å². The van der Waals surface area contributed by atoms with E-state index in [0.717, 1.165) is 19.2 Å². The Morgan fingerprint density at radius 3 is 2.67 bits per heavy atom. The van der Waals surface area contributed by atoms with Crippen LogP contribution in [0.4, 0.5) is 3.89 Å². The fourth-order valence-corrected chi connectivity index (χ4v) is 2.21. The van der Waals surface area contributed by atoms with E-state index in [2.05, 4.69) is 10.1 Å².